The summed E-state index contributed by atoms with van der Waals surface area (Å²) in [6, 6.07) is 15.8. The lowest BCUT2D eigenvalue weighted by molar-refractivity contribution is -0.387. The summed E-state index contributed by atoms with van der Waals surface area (Å²) >= 11 is 1.21. The van der Waals surface area contributed by atoms with E-state index in [-0.39, 0.29) is 36.9 Å². The van der Waals surface area contributed by atoms with E-state index < -0.39 is 15.8 Å². The number of ether oxygens (including phenoxy) is 3. The standard InChI is InChI=1S/C22H16N2O8S/c25-22(31-12-16-9-17(23(26)27)8-15-11-30-13-32-21(15)16)14-6-7-20(19(10-14)24(28)29)33-18-4-2-1-3-5-18/h1-10H,11-13H2. The summed E-state index contributed by atoms with van der Waals surface area (Å²) in [5, 5.41) is 22.8. The van der Waals surface area contributed by atoms with Crippen LogP contribution in [0.1, 0.15) is 21.5 Å². The van der Waals surface area contributed by atoms with Crippen LogP contribution in [0.5, 0.6) is 5.75 Å². The Morgan fingerprint density at radius 2 is 1.82 bits per heavy atom. The molecule has 0 aliphatic carbocycles. The van der Waals surface area contributed by atoms with Crippen LogP contribution in [0, 0.1) is 20.2 Å². The molecule has 1 heterocycles. The molecule has 4 rings (SSSR count). The van der Waals surface area contributed by atoms with Gasteiger partial charge in [0.15, 0.2) is 6.79 Å². The molecule has 11 heteroatoms. The van der Waals surface area contributed by atoms with Gasteiger partial charge >= 0.3 is 5.97 Å². The molecule has 0 bridgehead atoms. The summed E-state index contributed by atoms with van der Waals surface area (Å²) in [4.78, 5) is 35.5. The first-order chi connectivity index (χ1) is 15.9. The van der Waals surface area contributed by atoms with Crippen molar-refractivity contribution >= 4 is 29.1 Å². The lowest BCUT2D eigenvalue weighted by atomic mass is 10.1. The van der Waals surface area contributed by atoms with Crippen LogP contribution < -0.4 is 4.74 Å². The number of benzene rings is 3. The average molecular weight is 468 g/mol. The van der Waals surface area contributed by atoms with E-state index in [1.807, 2.05) is 30.3 Å². The molecule has 1 aliphatic heterocycles. The van der Waals surface area contributed by atoms with Crippen LogP contribution in [0.15, 0.2) is 70.5 Å². The molecule has 0 saturated heterocycles. The fourth-order valence-electron chi connectivity index (χ4n) is 3.21. The molecule has 0 saturated carbocycles. The van der Waals surface area contributed by atoms with Crippen molar-refractivity contribution < 1.29 is 28.9 Å². The average Bonchev–Trinajstić information content (AvgIpc) is 2.82. The normalized spacial score (nSPS) is 12.4. The van der Waals surface area contributed by atoms with Gasteiger partial charge < -0.3 is 14.2 Å². The number of esters is 1. The van der Waals surface area contributed by atoms with Gasteiger partial charge in [-0.3, -0.25) is 20.2 Å². The number of fused-ring (bicyclic) bond motifs is 1. The third kappa shape index (κ3) is 5.10. The molecule has 0 spiro atoms. The Bertz CT molecular complexity index is 1230. The highest BCUT2D eigenvalue weighted by atomic mass is 32.2. The first kappa shape index (κ1) is 22.2. The molecule has 0 fully saturated rings. The van der Waals surface area contributed by atoms with Crippen molar-refractivity contribution in [2.45, 2.75) is 23.0 Å². The second kappa shape index (κ2) is 9.67. The van der Waals surface area contributed by atoms with E-state index >= 15 is 0 Å². The highest BCUT2D eigenvalue weighted by molar-refractivity contribution is 7.99. The van der Waals surface area contributed by atoms with Gasteiger partial charge in [0.05, 0.1) is 26.9 Å². The van der Waals surface area contributed by atoms with Gasteiger partial charge in [-0.2, -0.15) is 0 Å². The number of carbonyl (C=O) groups is 1. The van der Waals surface area contributed by atoms with Gasteiger partial charge in [0.1, 0.15) is 12.4 Å². The van der Waals surface area contributed by atoms with Gasteiger partial charge in [0.25, 0.3) is 11.4 Å². The lowest BCUT2D eigenvalue weighted by Gasteiger charge is -2.20. The molecule has 33 heavy (non-hydrogen) atoms. The zero-order valence-electron chi connectivity index (χ0n) is 17.0. The van der Waals surface area contributed by atoms with Crippen molar-refractivity contribution in [1.82, 2.24) is 0 Å². The van der Waals surface area contributed by atoms with Crippen LogP contribution in [0.2, 0.25) is 0 Å². The predicted molar refractivity (Wildman–Crippen MR) is 116 cm³/mol. The molecule has 3 aromatic rings. The zero-order chi connectivity index (χ0) is 23.4. The van der Waals surface area contributed by atoms with Crippen molar-refractivity contribution in [1.29, 1.82) is 0 Å². The van der Waals surface area contributed by atoms with E-state index in [0.717, 1.165) is 11.0 Å². The molecule has 3 aromatic carbocycles. The van der Waals surface area contributed by atoms with E-state index in [9.17, 15) is 25.0 Å². The third-order valence-electron chi connectivity index (χ3n) is 4.70. The van der Waals surface area contributed by atoms with Crippen LogP contribution in [-0.2, 0) is 22.7 Å². The molecule has 0 N–H and O–H groups in total. The Morgan fingerprint density at radius 3 is 2.55 bits per heavy atom. The molecule has 1 aliphatic rings. The van der Waals surface area contributed by atoms with Crippen molar-refractivity contribution in [3.8, 4) is 5.75 Å². The van der Waals surface area contributed by atoms with Gasteiger partial charge in [0, 0.05) is 34.2 Å². The Labute approximate surface area is 191 Å². The number of hydrogen-bond acceptors (Lipinski definition) is 9. The fourth-order valence-corrected chi connectivity index (χ4v) is 4.13. The number of nitrogens with zero attached hydrogens (tertiary/aromatic N) is 2. The van der Waals surface area contributed by atoms with Crippen molar-refractivity contribution in [3.63, 3.8) is 0 Å². The number of carbonyl (C=O) groups excluding carboxylic acids is 1. The van der Waals surface area contributed by atoms with E-state index in [2.05, 4.69) is 0 Å². The second-order valence-corrected chi connectivity index (χ2v) is 8.01. The summed E-state index contributed by atoms with van der Waals surface area (Å²) in [5.74, 6) is -0.443. The molecule has 168 valence electrons. The minimum atomic E-state index is -0.804. The first-order valence-electron chi connectivity index (χ1n) is 9.61. The van der Waals surface area contributed by atoms with E-state index in [1.165, 1.54) is 36.0 Å². The Hall–Kier alpha value is -3.96. The Morgan fingerprint density at radius 1 is 1.03 bits per heavy atom. The SMILES string of the molecule is O=C(OCc1cc([N+](=O)[O-])cc2c1OCOC2)c1ccc(Sc2ccccc2)c([N+](=O)[O-])c1. The maximum Gasteiger partial charge on any atom is 0.338 e. The van der Waals surface area contributed by atoms with Gasteiger partial charge in [0.2, 0.25) is 0 Å². The smallest absolute Gasteiger partial charge is 0.338 e. The number of nitro groups is 2. The van der Waals surface area contributed by atoms with E-state index in [4.69, 9.17) is 14.2 Å². The molecule has 0 amide bonds. The van der Waals surface area contributed by atoms with Crippen molar-refractivity contribution in [3.05, 3.63) is 97.6 Å². The molecule has 10 nitrogen and oxygen atoms in total. The topological polar surface area (TPSA) is 131 Å². The molecule has 0 unspecified atom stereocenters. The Kier molecular flexibility index (Phi) is 6.52. The summed E-state index contributed by atoms with van der Waals surface area (Å²) < 4.78 is 15.9. The van der Waals surface area contributed by atoms with Gasteiger partial charge in [-0.25, -0.2) is 4.79 Å². The highest BCUT2D eigenvalue weighted by Crippen LogP contribution is 2.36. The monoisotopic (exact) mass is 468 g/mol. The van der Waals surface area contributed by atoms with Crippen LogP contribution >= 0.6 is 11.8 Å². The van der Waals surface area contributed by atoms with Crippen LogP contribution in [0.4, 0.5) is 11.4 Å². The zero-order valence-corrected chi connectivity index (χ0v) is 17.8. The number of rotatable bonds is 7. The van der Waals surface area contributed by atoms with Crippen LogP contribution in [0.25, 0.3) is 0 Å². The van der Waals surface area contributed by atoms with Gasteiger partial charge in [-0.15, -0.1) is 0 Å². The summed E-state index contributed by atoms with van der Waals surface area (Å²) in [6.45, 7) is -0.208. The maximum atomic E-state index is 12.6. The summed E-state index contributed by atoms with van der Waals surface area (Å²) in [7, 11) is 0. The number of hydrogen-bond donors (Lipinski definition) is 0. The predicted octanol–water partition coefficient (Wildman–Crippen LogP) is 4.88. The molecular weight excluding hydrogens is 452 g/mol. The molecular formula is C22H16N2O8S. The Balaban J connectivity index is 1.54. The molecule has 0 radical (unpaired) electrons. The number of nitro benzene ring substituents is 2. The highest BCUT2D eigenvalue weighted by Gasteiger charge is 2.23. The minimum absolute atomic E-state index is 0.0114. The first-order valence-corrected chi connectivity index (χ1v) is 10.4. The van der Waals surface area contributed by atoms with Gasteiger partial charge in [-0.1, -0.05) is 30.0 Å². The van der Waals surface area contributed by atoms with Crippen LogP contribution in [-0.4, -0.2) is 22.6 Å². The summed E-state index contributed by atoms with van der Waals surface area (Å²) in [5.41, 5.74) is 0.349. The second-order valence-electron chi connectivity index (χ2n) is 6.89. The quantitative estimate of drug-likeness (QED) is 0.270. The van der Waals surface area contributed by atoms with Crippen LogP contribution in [0.3, 0.4) is 0 Å². The van der Waals surface area contributed by atoms with E-state index in [0.29, 0.717) is 21.8 Å². The van der Waals surface area contributed by atoms with Crippen molar-refractivity contribution in [2.24, 2.45) is 0 Å². The summed E-state index contributed by atoms with van der Waals surface area (Å²) in [6.07, 6.45) is 0. The van der Waals surface area contributed by atoms with Crippen molar-refractivity contribution in [2.75, 3.05) is 6.79 Å². The lowest BCUT2D eigenvalue weighted by Crippen LogP contribution is -2.15. The largest absolute Gasteiger partial charge is 0.467 e. The van der Waals surface area contributed by atoms with Gasteiger partial charge in [-0.05, 0) is 24.3 Å². The maximum absolute atomic E-state index is 12.6. The van der Waals surface area contributed by atoms with E-state index in [1.54, 1.807) is 0 Å². The molecule has 0 aromatic heterocycles. The minimum Gasteiger partial charge on any atom is -0.467 e. The fraction of sp³-hybridized carbons (Fsp3) is 0.136. The number of non-ortho nitro benzene ring substituents is 1. The third-order valence-corrected chi connectivity index (χ3v) is 5.78. The molecule has 0 atom stereocenters.